The van der Waals surface area contributed by atoms with Gasteiger partial charge in [0.15, 0.2) is 11.6 Å². The number of carbonyl (C=O) groups is 5. The number of carboxylic acid groups (broad SMARTS) is 1. The minimum absolute atomic E-state index is 0.0226. The lowest BCUT2D eigenvalue weighted by Crippen LogP contribution is -2.06. The molecule has 0 fully saturated rings. The summed E-state index contributed by atoms with van der Waals surface area (Å²) in [6.45, 7) is 5.48. The zero-order valence-electron chi connectivity index (χ0n) is 18.4. The van der Waals surface area contributed by atoms with Crippen molar-refractivity contribution in [1.82, 2.24) is 0 Å². The van der Waals surface area contributed by atoms with E-state index >= 15 is 0 Å². The van der Waals surface area contributed by atoms with Gasteiger partial charge in [-0.05, 0) is 55.5 Å². The van der Waals surface area contributed by atoms with Gasteiger partial charge < -0.3 is 15.7 Å². The fourth-order valence-corrected chi connectivity index (χ4v) is 2.34. The molecule has 3 N–H and O–H groups in total. The molecule has 2 aromatic carbocycles. The summed E-state index contributed by atoms with van der Waals surface area (Å²) in [7, 11) is 0. The number of nitrogens with one attached hydrogen (secondary N) is 2. The van der Waals surface area contributed by atoms with E-state index < -0.39 is 5.97 Å². The van der Waals surface area contributed by atoms with Gasteiger partial charge in [-0.15, -0.1) is 0 Å². The molecule has 0 saturated carbocycles. The van der Waals surface area contributed by atoms with Crippen LogP contribution >= 0.6 is 44.2 Å². The van der Waals surface area contributed by atoms with Crippen LogP contribution in [-0.4, -0.2) is 39.8 Å². The summed E-state index contributed by atoms with van der Waals surface area (Å²) < 4.78 is 0. The SMILES string of the molecule is BrBr.CC(=O)Nc1ccc(C(=O)CBr)cc1.CC(=O)Nc1ccc(C(C)=O)cc1.CC(=O)O. The van der Waals surface area contributed by atoms with E-state index in [1.54, 1.807) is 48.5 Å². The summed E-state index contributed by atoms with van der Waals surface area (Å²) >= 11 is 8.59. The van der Waals surface area contributed by atoms with Crippen molar-refractivity contribution < 1.29 is 29.1 Å². The monoisotopic (exact) mass is 650 g/mol. The van der Waals surface area contributed by atoms with E-state index in [-0.39, 0.29) is 23.4 Å². The highest BCUT2D eigenvalue weighted by atomic mass is 80.9. The van der Waals surface area contributed by atoms with Crippen LogP contribution in [-0.2, 0) is 14.4 Å². The number of ketones is 2. The van der Waals surface area contributed by atoms with Gasteiger partial charge in [-0.1, -0.05) is 15.9 Å². The summed E-state index contributed by atoms with van der Waals surface area (Å²) in [5.41, 5.74) is 2.69. The topological polar surface area (TPSA) is 130 Å². The maximum Gasteiger partial charge on any atom is 0.300 e. The molecule has 0 heterocycles. The number of carboxylic acids is 1. The predicted molar refractivity (Wildman–Crippen MR) is 141 cm³/mol. The van der Waals surface area contributed by atoms with Crippen LogP contribution in [0.3, 0.4) is 0 Å². The van der Waals surface area contributed by atoms with Crippen molar-refractivity contribution in [2.45, 2.75) is 27.7 Å². The van der Waals surface area contributed by atoms with Gasteiger partial charge in [0, 0.05) is 71.5 Å². The molecule has 0 bridgehead atoms. The third-order valence-corrected chi connectivity index (χ3v) is 3.77. The van der Waals surface area contributed by atoms with Crippen LogP contribution in [0, 0.1) is 0 Å². The number of hydrogen-bond acceptors (Lipinski definition) is 5. The summed E-state index contributed by atoms with van der Waals surface area (Å²) in [5, 5.41) is 13.0. The molecule has 180 valence electrons. The normalized spacial score (nSPS) is 8.70. The highest BCUT2D eigenvalue weighted by molar-refractivity contribution is 9.93. The minimum atomic E-state index is -0.833. The molecule has 0 aliphatic carbocycles. The molecule has 0 spiro atoms. The molecule has 2 amide bonds. The number of benzene rings is 2. The van der Waals surface area contributed by atoms with E-state index in [1.165, 1.54) is 20.8 Å². The zero-order chi connectivity index (χ0) is 26.0. The maximum absolute atomic E-state index is 11.2. The Morgan fingerprint density at radius 3 is 1.24 bits per heavy atom. The Hall–Kier alpha value is -2.37. The van der Waals surface area contributed by atoms with E-state index in [1.807, 2.05) is 0 Å². The molecule has 2 rings (SSSR count). The first-order valence-electron chi connectivity index (χ1n) is 9.15. The molecule has 0 radical (unpaired) electrons. The Morgan fingerprint density at radius 1 is 0.697 bits per heavy atom. The van der Waals surface area contributed by atoms with Crippen molar-refractivity contribution >= 4 is 84.9 Å². The molecular formula is C22H25Br3N2O6. The number of amides is 2. The lowest BCUT2D eigenvalue weighted by atomic mass is 10.1. The van der Waals surface area contributed by atoms with Crippen molar-refractivity contribution in [3.8, 4) is 0 Å². The van der Waals surface area contributed by atoms with Crippen molar-refractivity contribution in [3.63, 3.8) is 0 Å². The molecule has 0 aliphatic heterocycles. The van der Waals surface area contributed by atoms with Crippen LogP contribution in [0.5, 0.6) is 0 Å². The summed E-state index contributed by atoms with van der Waals surface area (Å²) in [4.78, 5) is 52.5. The number of rotatable bonds is 5. The van der Waals surface area contributed by atoms with Gasteiger partial charge in [-0.25, -0.2) is 0 Å². The Morgan fingerprint density at radius 2 is 1.00 bits per heavy atom. The minimum Gasteiger partial charge on any atom is -0.481 e. The summed E-state index contributed by atoms with van der Waals surface area (Å²) in [5.74, 6) is -1.02. The second-order valence-electron chi connectivity index (χ2n) is 6.15. The number of hydrogen-bond donors (Lipinski definition) is 3. The molecule has 8 nitrogen and oxygen atoms in total. The largest absolute Gasteiger partial charge is 0.481 e. The molecule has 0 unspecified atom stereocenters. The smallest absolute Gasteiger partial charge is 0.300 e. The van der Waals surface area contributed by atoms with Crippen LogP contribution in [0.25, 0.3) is 0 Å². The second kappa shape index (κ2) is 19.1. The van der Waals surface area contributed by atoms with E-state index in [9.17, 15) is 19.2 Å². The molecule has 33 heavy (non-hydrogen) atoms. The van der Waals surface area contributed by atoms with Gasteiger partial charge in [-0.3, -0.25) is 24.0 Å². The third kappa shape index (κ3) is 17.8. The molecule has 11 heteroatoms. The van der Waals surface area contributed by atoms with Gasteiger partial charge in [0.05, 0.1) is 5.33 Å². The number of aliphatic carboxylic acids is 1. The van der Waals surface area contributed by atoms with Crippen molar-refractivity contribution in [2.75, 3.05) is 16.0 Å². The van der Waals surface area contributed by atoms with Crippen LogP contribution in [0.1, 0.15) is 48.4 Å². The van der Waals surface area contributed by atoms with Crippen molar-refractivity contribution in [2.24, 2.45) is 0 Å². The lowest BCUT2D eigenvalue weighted by molar-refractivity contribution is -0.134. The number of Topliss-reactive ketones (excluding diaryl/α,β-unsaturated/α-hetero) is 2. The lowest BCUT2D eigenvalue weighted by Gasteiger charge is -2.02. The van der Waals surface area contributed by atoms with Gasteiger partial charge in [0.1, 0.15) is 0 Å². The van der Waals surface area contributed by atoms with Crippen LogP contribution in [0.15, 0.2) is 48.5 Å². The van der Waals surface area contributed by atoms with Gasteiger partial charge in [0.25, 0.3) is 5.97 Å². The molecule has 0 saturated heterocycles. The molecular weight excluding hydrogens is 628 g/mol. The summed E-state index contributed by atoms with van der Waals surface area (Å²) in [6.07, 6.45) is 0. The fraction of sp³-hybridized carbons (Fsp3) is 0.227. The van der Waals surface area contributed by atoms with Gasteiger partial charge in [-0.2, -0.15) is 0 Å². The quantitative estimate of drug-likeness (QED) is 0.274. The van der Waals surface area contributed by atoms with E-state index in [2.05, 4.69) is 54.8 Å². The standard InChI is InChI=1S/C10H10BrNO2.C10H11NO2.C2H4O2.Br2/c1-7(13)12-9-4-2-8(3-5-9)10(14)6-11;1-7(12)9-3-5-10(6-4-9)11-8(2)13;1-2(3)4;1-2/h2-5H,6H2,1H3,(H,12,13);3-6H,1-2H3,(H,11,13);1H3,(H,3,4);. The number of alkyl halides is 1. The van der Waals surface area contributed by atoms with Gasteiger partial charge in [0.2, 0.25) is 11.8 Å². The summed E-state index contributed by atoms with van der Waals surface area (Å²) in [6, 6.07) is 13.6. The first-order chi connectivity index (χ1) is 15.5. The Kier molecular flexibility index (Phi) is 19.0. The number of halogens is 3. The average Bonchev–Trinajstić information content (AvgIpc) is 2.75. The average molecular weight is 653 g/mol. The molecule has 0 atom stereocenters. The molecule has 2 aromatic rings. The number of carbonyl (C=O) groups excluding carboxylic acids is 4. The van der Waals surface area contributed by atoms with E-state index in [0.29, 0.717) is 27.8 Å². The van der Waals surface area contributed by atoms with Crippen LogP contribution < -0.4 is 10.6 Å². The van der Waals surface area contributed by atoms with Crippen molar-refractivity contribution in [1.29, 1.82) is 0 Å². The maximum atomic E-state index is 11.2. The molecule has 0 aromatic heterocycles. The first-order valence-corrected chi connectivity index (χ1v) is 14.0. The molecule has 0 aliphatic rings. The highest BCUT2D eigenvalue weighted by Gasteiger charge is 2.03. The van der Waals surface area contributed by atoms with Crippen molar-refractivity contribution in [3.05, 3.63) is 59.7 Å². The highest BCUT2D eigenvalue weighted by Crippen LogP contribution is 2.11. The predicted octanol–water partition coefficient (Wildman–Crippen LogP) is 5.85. The number of anilines is 2. The van der Waals surface area contributed by atoms with Crippen LogP contribution in [0.2, 0.25) is 0 Å². The third-order valence-electron chi connectivity index (χ3n) is 3.26. The Labute approximate surface area is 216 Å². The Balaban J connectivity index is 0. The second-order valence-corrected chi connectivity index (χ2v) is 6.71. The zero-order valence-corrected chi connectivity index (χ0v) is 23.2. The van der Waals surface area contributed by atoms with Crippen LogP contribution in [0.4, 0.5) is 11.4 Å². The first kappa shape index (κ1) is 32.8. The fourth-order valence-electron chi connectivity index (χ4n) is 2.01. The van der Waals surface area contributed by atoms with E-state index in [4.69, 9.17) is 9.90 Å². The van der Waals surface area contributed by atoms with Gasteiger partial charge >= 0.3 is 0 Å². The van der Waals surface area contributed by atoms with E-state index in [0.717, 1.165) is 6.92 Å². The Bertz CT molecular complexity index is 913.